The Morgan fingerprint density at radius 3 is 2.45 bits per heavy atom. The maximum atomic E-state index is 13.6. The van der Waals surface area contributed by atoms with Crippen LogP contribution in [0, 0.1) is 11.8 Å². The second kappa shape index (κ2) is 15.2. The zero-order valence-corrected chi connectivity index (χ0v) is 25.9. The highest BCUT2D eigenvalue weighted by atomic mass is 16.6. The number of carbonyl (C=O) groups is 2. The monoisotopic (exact) mass is 599 g/mol. The van der Waals surface area contributed by atoms with Gasteiger partial charge >= 0.3 is 6.09 Å². The molecule has 2 amide bonds. The van der Waals surface area contributed by atoms with Crippen molar-refractivity contribution >= 4 is 23.4 Å². The van der Waals surface area contributed by atoms with E-state index in [-0.39, 0.29) is 11.9 Å². The van der Waals surface area contributed by atoms with Gasteiger partial charge in [0, 0.05) is 36.6 Å². The van der Waals surface area contributed by atoms with Crippen molar-refractivity contribution in [3.8, 4) is 0 Å². The molecule has 5 rings (SSSR count). The highest BCUT2D eigenvalue weighted by molar-refractivity contribution is 6.05. The van der Waals surface area contributed by atoms with E-state index in [2.05, 4.69) is 15.2 Å². The number of nitrogens with zero attached hydrogens (tertiary/aromatic N) is 3. The van der Waals surface area contributed by atoms with Crippen LogP contribution in [0.5, 0.6) is 0 Å². The number of rotatable bonds is 13. The van der Waals surface area contributed by atoms with E-state index in [0.717, 1.165) is 42.6 Å². The number of amides is 2. The molecule has 3 aromatic rings. The molecule has 0 radical (unpaired) electrons. The van der Waals surface area contributed by atoms with Crippen molar-refractivity contribution in [2.75, 3.05) is 50.4 Å². The van der Waals surface area contributed by atoms with Crippen LogP contribution in [0.2, 0.25) is 0 Å². The first-order chi connectivity index (χ1) is 21.4. The average molecular weight is 600 g/mol. The molecule has 2 aromatic carbocycles. The topological polar surface area (TPSA) is 110 Å². The second-order valence-electron chi connectivity index (χ2n) is 11.9. The third kappa shape index (κ3) is 8.36. The number of para-hydroxylation sites is 2. The van der Waals surface area contributed by atoms with Gasteiger partial charge in [0.05, 0.1) is 30.6 Å². The van der Waals surface area contributed by atoms with Crippen LogP contribution in [-0.4, -0.2) is 66.2 Å². The van der Waals surface area contributed by atoms with Gasteiger partial charge in [-0.1, -0.05) is 37.3 Å². The Morgan fingerprint density at radius 1 is 1.02 bits per heavy atom. The predicted octanol–water partition coefficient (Wildman–Crippen LogP) is 6.32. The van der Waals surface area contributed by atoms with Crippen LogP contribution in [-0.2, 0) is 9.47 Å². The van der Waals surface area contributed by atoms with Crippen LogP contribution in [0.1, 0.15) is 73.2 Å². The van der Waals surface area contributed by atoms with Gasteiger partial charge in [-0.25, -0.2) is 4.79 Å². The van der Waals surface area contributed by atoms with Gasteiger partial charge in [-0.15, -0.1) is 0 Å². The van der Waals surface area contributed by atoms with Gasteiger partial charge in [-0.05, 0) is 93.4 Å². The zero-order chi connectivity index (χ0) is 30.9. The molecule has 44 heavy (non-hydrogen) atoms. The van der Waals surface area contributed by atoms with Crippen molar-refractivity contribution in [3.05, 3.63) is 89.7 Å². The predicted molar refractivity (Wildman–Crippen MR) is 172 cm³/mol. The lowest BCUT2D eigenvalue weighted by Crippen LogP contribution is -2.38. The lowest BCUT2D eigenvalue weighted by Gasteiger charge is -2.32. The lowest BCUT2D eigenvalue weighted by molar-refractivity contribution is 0.0351. The minimum absolute atomic E-state index is 0.251. The first-order valence-electron chi connectivity index (χ1n) is 15.9. The lowest BCUT2D eigenvalue weighted by atomic mass is 10.0. The molecular formula is C35H45N5O4. The highest BCUT2D eigenvalue weighted by Gasteiger charge is 2.38. The fourth-order valence-corrected chi connectivity index (χ4v) is 6.08. The Morgan fingerprint density at radius 2 is 1.77 bits per heavy atom. The molecule has 0 spiro atoms. The number of aromatic nitrogens is 1. The standard InChI is InChI=1S/C35H45N5O4/c1-3-33(26-10-12-27(13-11-26)34(41)38-32-9-5-4-8-31(32)36)40(35(42)44-25(2)30-7-6-16-37-24-30)20-22-43-21-19-39-17-14-28-23-29(28)15-18-39/h4-13,16,24-25,28-29,33H,3,14-15,17-23,36H2,1-2H3,(H,38,41)/t25?,28-,29?,33+/m1/s1. The van der Waals surface area contributed by atoms with E-state index in [1.807, 2.05) is 50.2 Å². The molecule has 4 atom stereocenters. The molecule has 2 unspecified atom stereocenters. The largest absolute Gasteiger partial charge is 0.441 e. The third-order valence-corrected chi connectivity index (χ3v) is 8.93. The van der Waals surface area contributed by atoms with E-state index >= 15 is 0 Å². The van der Waals surface area contributed by atoms with E-state index < -0.39 is 12.2 Å². The Hall–Kier alpha value is -3.95. The van der Waals surface area contributed by atoms with Gasteiger partial charge in [-0.3, -0.25) is 14.7 Å². The van der Waals surface area contributed by atoms with Gasteiger partial charge in [-0.2, -0.15) is 0 Å². The minimum atomic E-state index is -0.456. The first-order valence-corrected chi connectivity index (χ1v) is 15.9. The summed E-state index contributed by atoms with van der Waals surface area (Å²) < 4.78 is 12.0. The number of likely N-dealkylation sites (tertiary alicyclic amines) is 1. The first kappa shape index (κ1) is 31.5. The number of ether oxygens (including phenoxy) is 2. The van der Waals surface area contributed by atoms with E-state index in [1.54, 1.807) is 41.6 Å². The van der Waals surface area contributed by atoms with Gasteiger partial charge < -0.3 is 25.4 Å². The maximum Gasteiger partial charge on any atom is 0.410 e. The number of hydrogen-bond acceptors (Lipinski definition) is 7. The van der Waals surface area contributed by atoms with Crippen molar-refractivity contribution in [1.82, 2.24) is 14.8 Å². The summed E-state index contributed by atoms with van der Waals surface area (Å²) in [5.41, 5.74) is 9.30. The normalized spacial score (nSPS) is 19.2. The molecule has 1 aliphatic heterocycles. The Kier molecular flexibility index (Phi) is 10.9. The summed E-state index contributed by atoms with van der Waals surface area (Å²) in [5.74, 6) is 1.65. The average Bonchev–Trinajstić information content (AvgIpc) is 3.83. The highest BCUT2D eigenvalue weighted by Crippen LogP contribution is 2.45. The third-order valence-electron chi connectivity index (χ3n) is 8.93. The van der Waals surface area contributed by atoms with Gasteiger partial charge in [0.1, 0.15) is 6.10 Å². The molecule has 9 nitrogen and oxygen atoms in total. The molecule has 2 heterocycles. The summed E-state index contributed by atoms with van der Waals surface area (Å²) in [6.45, 7) is 8.54. The van der Waals surface area contributed by atoms with Gasteiger partial charge in [0.2, 0.25) is 0 Å². The summed E-state index contributed by atoms with van der Waals surface area (Å²) in [7, 11) is 0. The number of nitrogen functional groups attached to an aromatic ring is 1. The van der Waals surface area contributed by atoms with Crippen molar-refractivity contribution in [2.45, 2.75) is 51.7 Å². The SMILES string of the molecule is CC[C@@H](c1ccc(C(=O)Nc2ccccc2N)cc1)N(CCOCCN1CCC2C[C@H]2CC1)C(=O)OC(C)c1cccnc1. The molecule has 1 aromatic heterocycles. The molecule has 2 aliphatic rings. The smallest absolute Gasteiger partial charge is 0.410 e. The molecule has 234 valence electrons. The molecule has 1 saturated carbocycles. The quantitative estimate of drug-likeness (QED) is 0.175. The molecule has 0 bridgehead atoms. The Labute approximate surface area is 260 Å². The molecule has 9 heteroatoms. The van der Waals surface area contributed by atoms with Crippen LogP contribution < -0.4 is 11.1 Å². The second-order valence-corrected chi connectivity index (χ2v) is 11.9. The number of pyridine rings is 1. The number of nitrogens with two attached hydrogens (primary N) is 1. The minimum Gasteiger partial charge on any atom is -0.441 e. The summed E-state index contributed by atoms with van der Waals surface area (Å²) in [4.78, 5) is 34.9. The van der Waals surface area contributed by atoms with E-state index in [1.165, 1.54) is 19.3 Å². The van der Waals surface area contributed by atoms with E-state index in [4.69, 9.17) is 15.2 Å². The summed E-state index contributed by atoms with van der Waals surface area (Å²) in [6.07, 6.45) is 7.24. The summed E-state index contributed by atoms with van der Waals surface area (Å²) in [5, 5.41) is 2.86. The number of benzene rings is 2. The van der Waals surface area contributed by atoms with Gasteiger partial charge in [0.25, 0.3) is 5.91 Å². The molecule has 1 saturated heterocycles. The van der Waals surface area contributed by atoms with Crippen LogP contribution in [0.4, 0.5) is 16.2 Å². The van der Waals surface area contributed by atoms with Crippen LogP contribution in [0.25, 0.3) is 0 Å². The number of hydrogen-bond donors (Lipinski definition) is 2. The van der Waals surface area contributed by atoms with Crippen LogP contribution >= 0.6 is 0 Å². The molecule has 1 aliphatic carbocycles. The summed E-state index contributed by atoms with van der Waals surface area (Å²) in [6, 6.07) is 18.0. The van der Waals surface area contributed by atoms with Crippen molar-refractivity contribution < 1.29 is 19.1 Å². The fraction of sp³-hybridized carbons (Fsp3) is 0.457. The molecule has 2 fully saturated rings. The van der Waals surface area contributed by atoms with Crippen LogP contribution in [0.3, 0.4) is 0 Å². The van der Waals surface area contributed by atoms with Gasteiger partial charge in [0.15, 0.2) is 0 Å². The van der Waals surface area contributed by atoms with E-state index in [0.29, 0.717) is 43.1 Å². The van der Waals surface area contributed by atoms with Crippen molar-refractivity contribution in [1.29, 1.82) is 0 Å². The fourth-order valence-electron chi connectivity index (χ4n) is 6.08. The van der Waals surface area contributed by atoms with Crippen molar-refractivity contribution in [2.24, 2.45) is 11.8 Å². The molecular weight excluding hydrogens is 554 g/mol. The number of carbonyl (C=O) groups excluding carboxylic acids is 2. The molecule has 3 N–H and O–H groups in total. The number of fused-ring (bicyclic) bond motifs is 1. The van der Waals surface area contributed by atoms with Crippen LogP contribution in [0.15, 0.2) is 73.1 Å². The zero-order valence-electron chi connectivity index (χ0n) is 25.9. The Balaban J connectivity index is 1.22. The summed E-state index contributed by atoms with van der Waals surface area (Å²) >= 11 is 0. The number of nitrogens with one attached hydrogen (secondary N) is 1. The van der Waals surface area contributed by atoms with E-state index in [9.17, 15) is 9.59 Å². The number of anilines is 2. The Bertz CT molecular complexity index is 1360. The van der Waals surface area contributed by atoms with Crippen molar-refractivity contribution in [3.63, 3.8) is 0 Å². The maximum absolute atomic E-state index is 13.6.